The zero-order valence-corrected chi connectivity index (χ0v) is 35.1. The van der Waals surface area contributed by atoms with Crippen LogP contribution in [0.5, 0.6) is 0 Å². The van der Waals surface area contributed by atoms with Crippen molar-refractivity contribution >= 4 is 21.8 Å². The second-order valence-electron chi connectivity index (χ2n) is 16.6. The Morgan fingerprint density at radius 3 is 1.72 bits per heavy atom. The second kappa shape index (κ2) is 15.9. The summed E-state index contributed by atoms with van der Waals surface area (Å²) in [6.45, 7) is 0. The van der Waals surface area contributed by atoms with Crippen molar-refractivity contribution in [1.82, 2.24) is 19.5 Å². The van der Waals surface area contributed by atoms with Gasteiger partial charge in [-0.05, 0) is 93.2 Å². The van der Waals surface area contributed by atoms with Gasteiger partial charge in [-0.25, -0.2) is 15.0 Å². The molecule has 0 fully saturated rings. The lowest BCUT2D eigenvalue weighted by atomic mass is 9.85. The Bertz CT molecular complexity index is 3500. The summed E-state index contributed by atoms with van der Waals surface area (Å²) in [7, 11) is 0. The first-order chi connectivity index (χ1) is 31.8. The van der Waals surface area contributed by atoms with Crippen LogP contribution in [0.1, 0.15) is 29.0 Å². The topological polar surface area (TPSA) is 43.6 Å². The fourth-order valence-corrected chi connectivity index (χ4v) is 10.0. The van der Waals surface area contributed by atoms with Crippen molar-refractivity contribution in [3.8, 4) is 73.2 Å². The number of fused-ring (bicyclic) bond motifs is 6. The van der Waals surface area contributed by atoms with Gasteiger partial charge in [0.2, 0.25) is 0 Å². The molecule has 11 aromatic rings. The normalized spacial score (nSPS) is 13.3. The first kappa shape index (κ1) is 37.5. The smallest absolute Gasteiger partial charge is 0.164 e. The first-order valence-corrected chi connectivity index (χ1v) is 22.1. The number of aromatic nitrogens is 4. The summed E-state index contributed by atoms with van der Waals surface area (Å²) >= 11 is 0. The lowest BCUT2D eigenvalue weighted by molar-refractivity contribution is 0.726. The average Bonchev–Trinajstić information content (AvgIpc) is 3.62. The van der Waals surface area contributed by atoms with Crippen LogP contribution in [0.2, 0.25) is 0 Å². The first-order valence-electron chi connectivity index (χ1n) is 22.1. The van der Waals surface area contributed by atoms with Crippen molar-refractivity contribution in [2.24, 2.45) is 0 Å². The van der Waals surface area contributed by atoms with Crippen LogP contribution in [0, 0.1) is 0 Å². The van der Waals surface area contributed by atoms with Crippen LogP contribution in [0.4, 0.5) is 0 Å². The molecule has 2 heterocycles. The Morgan fingerprint density at radius 1 is 0.375 bits per heavy atom. The number of nitrogens with zero attached hydrogens (tertiary/aromatic N) is 4. The van der Waals surface area contributed by atoms with E-state index in [1.807, 2.05) is 0 Å². The van der Waals surface area contributed by atoms with Crippen LogP contribution >= 0.6 is 0 Å². The van der Waals surface area contributed by atoms with Crippen molar-refractivity contribution in [1.29, 1.82) is 0 Å². The minimum Gasteiger partial charge on any atom is -0.309 e. The van der Waals surface area contributed by atoms with Gasteiger partial charge in [-0.3, -0.25) is 0 Å². The van der Waals surface area contributed by atoms with Crippen LogP contribution in [-0.2, 0) is 6.42 Å². The number of rotatable bonds is 7. The molecule has 1 aliphatic carbocycles. The fraction of sp³-hybridized carbons (Fsp3) is 0.0500. The van der Waals surface area contributed by atoms with Gasteiger partial charge in [0, 0.05) is 39.1 Å². The van der Waals surface area contributed by atoms with Gasteiger partial charge in [0.05, 0.1) is 11.0 Å². The Kier molecular flexibility index (Phi) is 9.34. The third kappa shape index (κ3) is 6.51. The van der Waals surface area contributed by atoms with E-state index < -0.39 is 0 Å². The third-order valence-electron chi connectivity index (χ3n) is 13.0. The van der Waals surface area contributed by atoms with E-state index in [1.54, 1.807) is 0 Å². The SMILES string of the molecule is c1ccc(-c2ccccc2-c2ccccc2-c2nc(-c3ccc4c(c3)C(c3ccccc3)CCc3ccccc3-4)nc(-c3cccc4c3c3ccccc3n4-c3ccccc3)n2)cc1. The van der Waals surface area contributed by atoms with E-state index in [1.165, 1.54) is 27.8 Å². The van der Waals surface area contributed by atoms with E-state index in [0.717, 1.165) is 79.3 Å². The Hall–Kier alpha value is -8.21. The molecular weight excluding hydrogens is 777 g/mol. The molecule has 0 N–H and O–H groups in total. The van der Waals surface area contributed by atoms with E-state index in [-0.39, 0.29) is 5.92 Å². The largest absolute Gasteiger partial charge is 0.309 e. The summed E-state index contributed by atoms with van der Waals surface area (Å²) in [4.78, 5) is 16.4. The van der Waals surface area contributed by atoms with Gasteiger partial charge in [0.1, 0.15) is 0 Å². The van der Waals surface area contributed by atoms with E-state index in [4.69, 9.17) is 15.0 Å². The van der Waals surface area contributed by atoms with Gasteiger partial charge in [-0.1, -0.05) is 194 Å². The maximum absolute atomic E-state index is 5.49. The molecule has 0 radical (unpaired) electrons. The number of hydrogen-bond donors (Lipinski definition) is 0. The van der Waals surface area contributed by atoms with E-state index >= 15 is 0 Å². The Labute approximate surface area is 372 Å². The highest BCUT2D eigenvalue weighted by Crippen LogP contribution is 2.44. The molecule has 9 aromatic carbocycles. The summed E-state index contributed by atoms with van der Waals surface area (Å²) in [5, 5.41) is 2.25. The lowest BCUT2D eigenvalue weighted by Crippen LogP contribution is -2.04. The molecule has 1 unspecified atom stereocenters. The van der Waals surface area contributed by atoms with Gasteiger partial charge >= 0.3 is 0 Å². The van der Waals surface area contributed by atoms with Crippen LogP contribution in [-0.4, -0.2) is 19.5 Å². The summed E-state index contributed by atoms with van der Waals surface area (Å²) in [5.74, 6) is 2.11. The zero-order chi connectivity index (χ0) is 42.4. The Balaban J connectivity index is 1.12. The molecule has 1 atom stereocenters. The maximum Gasteiger partial charge on any atom is 0.164 e. The van der Waals surface area contributed by atoms with E-state index in [2.05, 4.69) is 229 Å². The highest BCUT2D eigenvalue weighted by molar-refractivity contribution is 6.15. The number of para-hydroxylation sites is 2. The standard InChI is InChI=1S/C60H42N4/c1-4-19-40(20-5-1)45-27-12-13-28-48(45)49-29-14-15-30-51(49)59-61-58(43-36-38-50-46-26-11-10-23-42(46)35-37-47(54(50)39-43)41-21-6-2-7-22-41)62-60(63-59)53-32-18-34-56-57(53)52-31-16-17-33-55(52)64(56)44-24-8-3-9-25-44/h1-34,36,38-39,47H,35,37H2. The summed E-state index contributed by atoms with van der Waals surface area (Å²) in [6, 6.07) is 80.2. The molecule has 2 aromatic heterocycles. The third-order valence-corrected chi connectivity index (χ3v) is 13.0. The van der Waals surface area contributed by atoms with Gasteiger partial charge in [0.15, 0.2) is 17.5 Å². The van der Waals surface area contributed by atoms with Crippen molar-refractivity contribution < 1.29 is 0 Å². The van der Waals surface area contributed by atoms with Crippen molar-refractivity contribution in [2.45, 2.75) is 18.8 Å². The molecule has 0 spiro atoms. The van der Waals surface area contributed by atoms with Crippen LogP contribution in [0.25, 0.3) is 95.0 Å². The molecule has 4 nitrogen and oxygen atoms in total. The predicted octanol–water partition coefficient (Wildman–Crippen LogP) is 15.0. The van der Waals surface area contributed by atoms with Gasteiger partial charge in [0.25, 0.3) is 0 Å². The average molecular weight is 819 g/mol. The predicted molar refractivity (Wildman–Crippen MR) is 263 cm³/mol. The molecule has 64 heavy (non-hydrogen) atoms. The molecule has 302 valence electrons. The number of benzene rings is 9. The van der Waals surface area contributed by atoms with Crippen molar-refractivity contribution in [3.05, 3.63) is 241 Å². The van der Waals surface area contributed by atoms with Crippen LogP contribution in [0.3, 0.4) is 0 Å². The van der Waals surface area contributed by atoms with Crippen molar-refractivity contribution in [2.75, 3.05) is 0 Å². The number of hydrogen-bond acceptors (Lipinski definition) is 3. The van der Waals surface area contributed by atoms with Crippen LogP contribution in [0.15, 0.2) is 224 Å². The highest BCUT2D eigenvalue weighted by atomic mass is 15.0. The molecular formula is C60H42N4. The maximum atomic E-state index is 5.49. The van der Waals surface area contributed by atoms with Gasteiger partial charge in [-0.15, -0.1) is 0 Å². The van der Waals surface area contributed by atoms with Crippen molar-refractivity contribution in [3.63, 3.8) is 0 Å². The fourth-order valence-electron chi connectivity index (χ4n) is 10.0. The van der Waals surface area contributed by atoms with E-state index in [0.29, 0.717) is 17.5 Å². The molecule has 0 saturated heterocycles. The quantitative estimate of drug-likeness (QED) is 0.161. The monoisotopic (exact) mass is 818 g/mol. The highest BCUT2D eigenvalue weighted by Gasteiger charge is 2.26. The molecule has 1 aliphatic rings. The molecule has 0 bridgehead atoms. The van der Waals surface area contributed by atoms with Gasteiger partial charge in [-0.2, -0.15) is 0 Å². The molecule has 4 heteroatoms. The molecule has 0 saturated carbocycles. The molecule has 12 rings (SSSR count). The zero-order valence-electron chi connectivity index (χ0n) is 35.1. The summed E-state index contributed by atoms with van der Waals surface area (Å²) < 4.78 is 2.35. The van der Waals surface area contributed by atoms with Crippen LogP contribution < -0.4 is 0 Å². The van der Waals surface area contributed by atoms with Gasteiger partial charge < -0.3 is 4.57 Å². The minimum atomic E-state index is 0.206. The number of aryl methyl sites for hydroxylation is 1. The second-order valence-corrected chi connectivity index (χ2v) is 16.6. The Morgan fingerprint density at radius 2 is 0.938 bits per heavy atom. The minimum absolute atomic E-state index is 0.206. The molecule has 0 amide bonds. The summed E-state index contributed by atoms with van der Waals surface area (Å²) in [5.41, 5.74) is 17.3. The molecule has 0 aliphatic heterocycles. The summed E-state index contributed by atoms with van der Waals surface area (Å²) in [6.07, 6.45) is 2.01. The van der Waals surface area contributed by atoms with E-state index in [9.17, 15) is 0 Å². The lowest BCUT2D eigenvalue weighted by Gasteiger charge is -2.20.